The molecule has 0 amide bonds. The van der Waals surface area contributed by atoms with Crippen LogP contribution in [-0.4, -0.2) is 70.9 Å². The van der Waals surface area contributed by atoms with Crippen LogP contribution in [0.1, 0.15) is 12.2 Å². The van der Waals surface area contributed by atoms with Gasteiger partial charge in [-0.3, -0.25) is 0 Å². The molecule has 0 bridgehead atoms. The van der Waals surface area contributed by atoms with Gasteiger partial charge in [0.05, 0.1) is 23.2 Å². The van der Waals surface area contributed by atoms with E-state index in [0.717, 1.165) is 18.2 Å². The van der Waals surface area contributed by atoms with Gasteiger partial charge in [-0.05, 0) is 18.6 Å². The van der Waals surface area contributed by atoms with E-state index in [1.165, 1.54) is 4.31 Å². The number of aromatic nitrogens is 3. The van der Waals surface area contributed by atoms with Crippen LogP contribution >= 0.6 is 11.6 Å². The van der Waals surface area contributed by atoms with Gasteiger partial charge in [-0.1, -0.05) is 11.6 Å². The van der Waals surface area contributed by atoms with E-state index in [-0.39, 0.29) is 12.2 Å². The van der Waals surface area contributed by atoms with Crippen molar-refractivity contribution < 1.29 is 18.0 Å². The second-order valence-corrected chi connectivity index (χ2v) is 9.13. The Morgan fingerprint density at radius 3 is 2.41 bits per heavy atom. The van der Waals surface area contributed by atoms with Gasteiger partial charge in [0.1, 0.15) is 11.6 Å². The molecular weight excluding hydrogens is 423 g/mol. The first-order valence-electron chi connectivity index (χ1n) is 9.08. The molecule has 2 N–H and O–H groups in total. The third-order valence-electron chi connectivity index (χ3n) is 4.65. The number of anilines is 1. The van der Waals surface area contributed by atoms with E-state index in [1.54, 1.807) is 18.3 Å². The number of sulfonamides is 1. The molecule has 1 saturated heterocycles. The van der Waals surface area contributed by atoms with Crippen molar-refractivity contribution in [2.45, 2.75) is 18.9 Å². The standard InChI is InChI=1S/C17H22ClFN6O3S/c18-13-1-4-17(22-9-13)24-5-7-25(8-6-24)29(27,28)12-15(23-26)2-3-16-20-10-14(19)11-21-16/h1,4,9-11,15,23,26H,2-3,5-8,12H2. The first-order valence-corrected chi connectivity index (χ1v) is 11.1. The molecular formula is C17H22ClFN6O3S. The molecule has 1 atom stereocenters. The molecule has 3 rings (SSSR count). The number of hydrogen-bond acceptors (Lipinski definition) is 8. The lowest BCUT2D eigenvalue weighted by Gasteiger charge is -2.35. The lowest BCUT2D eigenvalue weighted by Crippen LogP contribution is -2.51. The molecule has 2 aromatic rings. The van der Waals surface area contributed by atoms with Gasteiger partial charge in [-0.25, -0.2) is 33.2 Å². The van der Waals surface area contributed by atoms with Crippen LogP contribution in [0, 0.1) is 5.82 Å². The fraction of sp³-hybridized carbons (Fsp3) is 0.471. The van der Waals surface area contributed by atoms with Crippen LogP contribution in [0.2, 0.25) is 5.02 Å². The maximum atomic E-state index is 12.9. The zero-order chi connectivity index (χ0) is 20.9. The third-order valence-corrected chi connectivity index (χ3v) is 6.85. The van der Waals surface area contributed by atoms with E-state index < -0.39 is 21.9 Å². The highest BCUT2D eigenvalue weighted by Crippen LogP contribution is 2.18. The molecule has 1 aliphatic rings. The zero-order valence-corrected chi connectivity index (χ0v) is 17.2. The topological polar surface area (TPSA) is 112 Å². The smallest absolute Gasteiger partial charge is 0.215 e. The number of rotatable bonds is 8. The Morgan fingerprint density at radius 2 is 1.83 bits per heavy atom. The minimum absolute atomic E-state index is 0.260. The summed E-state index contributed by atoms with van der Waals surface area (Å²) in [6, 6.07) is 2.86. The molecule has 0 spiro atoms. The summed E-state index contributed by atoms with van der Waals surface area (Å²) >= 11 is 5.85. The number of nitrogens with zero attached hydrogens (tertiary/aromatic N) is 5. The number of pyridine rings is 1. The van der Waals surface area contributed by atoms with Crippen molar-refractivity contribution in [2.24, 2.45) is 0 Å². The Balaban J connectivity index is 1.52. The first-order chi connectivity index (χ1) is 13.9. The fourth-order valence-electron chi connectivity index (χ4n) is 3.07. The molecule has 1 aliphatic heterocycles. The zero-order valence-electron chi connectivity index (χ0n) is 15.6. The Morgan fingerprint density at radius 1 is 1.14 bits per heavy atom. The van der Waals surface area contributed by atoms with Crippen molar-refractivity contribution in [3.63, 3.8) is 0 Å². The Kier molecular flexibility index (Phi) is 7.30. The van der Waals surface area contributed by atoms with Crippen molar-refractivity contribution in [3.05, 3.63) is 47.4 Å². The van der Waals surface area contributed by atoms with E-state index in [4.69, 9.17) is 11.6 Å². The lowest BCUT2D eigenvalue weighted by atomic mass is 10.2. The number of halogens is 2. The van der Waals surface area contributed by atoms with E-state index in [0.29, 0.717) is 43.4 Å². The predicted molar refractivity (Wildman–Crippen MR) is 106 cm³/mol. The summed E-state index contributed by atoms with van der Waals surface area (Å²) in [5.74, 6) is 0.332. The average molecular weight is 445 g/mol. The molecule has 29 heavy (non-hydrogen) atoms. The summed E-state index contributed by atoms with van der Waals surface area (Å²) in [5.41, 5.74) is 2.05. The third kappa shape index (κ3) is 6.03. The summed E-state index contributed by atoms with van der Waals surface area (Å²) in [6.07, 6.45) is 4.26. The summed E-state index contributed by atoms with van der Waals surface area (Å²) in [5, 5.41) is 9.91. The Labute approximate surface area is 173 Å². The van der Waals surface area contributed by atoms with Crippen LogP contribution in [-0.2, 0) is 16.4 Å². The van der Waals surface area contributed by atoms with Gasteiger partial charge in [0.25, 0.3) is 0 Å². The highest BCUT2D eigenvalue weighted by molar-refractivity contribution is 7.89. The molecule has 0 aliphatic carbocycles. The van der Waals surface area contributed by atoms with Crippen LogP contribution in [0.4, 0.5) is 10.2 Å². The highest BCUT2D eigenvalue weighted by atomic mass is 35.5. The highest BCUT2D eigenvalue weighted by Gasteiger charge is 2.29. The minimum Gasteiger partial charge on any atom is -0.354 e. The van der Waals surface area contributed by atoms with Gasteiger partial charge in [0.15, 0.2) is 5.82 Å². The van der Waals surface area contributed by atoms with E-state index in [1.807, 2.05) is 4.90 Å². The molecule has 0 saturated carbocycles. The van der Waals surface area contributed by atoms with Gasteiger partial charge < -0.3 is 10.1 Å². The largest absolute Gasteiger partial charge is 0.354 e. The van der Waals surface area contributed by atoms with Gasteiger partial charge in [-0.15, -0.1) is 0 Å². The van der Waals surface area contributed by atoms with Crippen LogP contribution < -0.4 is 10.4 Å². The molecule has 1 unspecified atom stereocenters. The average Bonchev–Trinajstić information content (AvgIpc) is 2.73. The summed E-state index contributed by atoms with van der Waals surface area (Å²) in [6.45, 7) is 1.67. The molecule has 12 heteroatoms. The monoisotopic (exact) mass is 444 g/mol. The van der Waals surface area contributed by atoms with Crippen LogP contribution in [0.5, 0.6) is 0 Å². The van der Waals surface area contributed by atoms with Crippen LogP contribution in [0.15, 0.2) is 30.7 Å². The normalized spacial score (nSPS) is 16.7. The van der Waals surface area contributed by atoms with E-state index in [9.17, 15) is 18.0 Å². The molecule has 158 valence electrons. The second kappa shape index (κ2) is 9.72. The summed E-state index contributed by atoms with van der Waals surface area (Å²) < 4.78 is 39.8. The van der Waals surface area contributed by atoms with Gasteiger partial charge in [0.2, 0.25) is 10.0 Å². The SMILES string of the molecule is O=S(=O)(CC(CCc1ncc(F)cn1)NO)N1CCN(c2ccc(Cl)cn2)CC1. The van der Waals surface area contributed by atoms with Gasteiger partial charge >= 0.3 is 0 Å². The maximum absolute atomic E-state index is 12.9. The van der Waals surface area contributed by atoms with E-state index >= 15 is 0 Å². The lowest BCUT2D eigenvalue weighted by molar-refractivity contribution is 0.129. The molecule has 0 radical (unpaired) electrons. The predicted octanol–water partition coefficient (Wildman–Crippen LogP) is 1.10. The molecule has 2 aromatic heterocycles. The van der Waals surface area contributed by atoms with Gasteiger partial charge in [-0.2, -0.15) is 4.31 Å². The number of aryl methyl sites for hydroxylation is 1. The van der Waals surface area contributed by atoms with Crippen molar-refractivity contribution in [1.29, 1.82) is 0 Å². The van der Waals surface area contributed by atoms with Crippen molar-refractivity contribution in [3.8, 4) is 0 Å². The molecule has 1 fully saturated rings. The molecule has 3 heterocycles. The fourth-order valence-corrected chi connectivity index (χ4v) is 4.86. The van der Waals surface area contributed by atoms with Gasteiger partial charge in [0, 0.05) is 44.8 Å². The van der Waals surface area contributed by atoms with Crippen LogP contribution in [0.25, 0.3) is 0 Å². The minimum atomic E-state index is -3.58. The number of hydrogen-bond donors (Lipinski definition) is 2. The molecule has 9 nitrogen and oxygen atoms in total. The van der Waals surface area contributed by atoms with Crippen molar-refractivity contribution in [2.75, 3.05) is 36.8 Å². The quantitative estimate of drug-likeness (QED) is 0.582. The Bertz CT molecular complexity index is 892. The van der Waals surface area contributed by atoms with Crippen LogP contribution in [0.3, 0.4) is 0 Å². The van der Waals surface area contributed by atoms with E-state index in [2.05, 4.69) is 20.4 Å². The summed E-state index contributed by atoms with van der Waals surface area (Å²) in [7, 11) is -3.58. The Hall–Kier alpha value is -1.92. The number of nitrogens with one attached hydrogen (secondary N) is 1. The number of hydroxylamine groups is 1. The van der Waals surface area contributed by atoms with Crippen molar-refractivity contribution in [1.82, 2.24) is 24.7 Å². The summed E-state index contributed by atoms with van der Waals surface area (Å²) in [4.78, 5) is 13.9. The first kappa shape index (κ1) is 21.8. The number of piperazine rings is 1. The maximum Gasteiger partial charge on any atom is 0.215 e. The second-order valence-electron chi connectivity index (χ2n) is 6.68. The molecule has 0 aromatic carbocycles. The van der Waals surface area contributed by atoms with Crippen molar-refractivity contribution >= 4 is 27.4 Å².